The highest BCUT2D eigenvalue weighted by atomic mass is 15.2. The molecule has 0 saturated carbocycles. The maximum Gasteiger partial charge on any atom is 0.148 e. The number of nitrogens with zero attached hydrogens (tertiary/aromatic N) is 5. The van der Waals surface area contributed by atoms with E-state index < -0.39 is 0 Å². The first-order valence-corrected chi connectivity index (χ1v) is 10.5. The van der Waals surface area contributed by atoms with Gasteiger partial charge >= 0.3 is 0 Å². The Morgan fingerprint density at radius 3 is 2.77 bits per heavy atom. The monoisotopic (exact) mass is 402 g/mol. The van der Waals surface area contributed by atoms with Crippen molar-refractivity contribution < 1.29 is 0 Å². The van der Waals surface area contributed by atoms with Gasteiger partial charge in [0.15, 0.2) is 0 Å². The molecule has 1 aliphatic heterocycles. The molecule has 0 atom stereocenters. The van der Waals surface area contributed by atoms with Crippen molar-refractivity contribution in [1.29, 1.82) is 0 Å². The average molecular weight is 403 g/mol. The summed E-state index contributed by atoms with van der Waals surface area (Å²) in [5.74, 6) is 0.896. The van der Waals surface area contributed by atoms with E-state index in [4.69, 9.17) is 9.97 Å². The van der Waals surface area contributed by atoms with E-state index >= 15 is 0 Å². The van der Waals surface area contributed by atoms with E-state index in [1.165, 1.54) is 0 Å². The predicted octanol–water partition coefficient (Wildman–Crippen LogP) is 3.15. The quantitative estimate of drug-likeness (QED) is 0.475. The van der Waals surface area contributed by atoms with Crippen LogP contribution in [-0.4, -0.2) is 48.8 Å². The van der Waals surface area contributed by atoms with Crippen molar-refractivity contribution in [2.24, 2.45) is 7.05 Å². The molecule has 5 heterocycles. The molecule has 154 valence electrons. The van der Waals surface area contributed by atoms with Gasteiger partial charge in [0.1, 0.15) is 11.5 Å². The lowest BCUT2D eigenvalue weighted by molar-refractivity contribution is 0.478. The highest BCUT2D eigenvalue weighted by Crippen LogP contribution is 2.31. The molecular weight excluding hydrogens is 376 g/mol. The molecule has 0 spiro atoms. The van der Waals surface area contributed by atoms with Crippen LogP contribution in [0.4, 0.5) is 5.82 Å². The number of aryl methyl sites for hydroxylation is 2. The van der Waals surface area contributed by atoms with E-state index in [0.29, 0.717) is 6.04 Å². The number of aromatic nitrogens is 6. The van der Waals surface area contributed by atoms with Crippen LogP contribution in [-0.2, 0) is 13.5 Å². The van der Waals surface area contributed by atoms with Crippen molar-refractivity contribution in [3.63, 3.8) is 0 Å². The summed E-state index contributed by atoms with van der Waals surface area (Å²) in [5.41, 5.74) is 5.77. The second-order valence-corrected chi connectivity index (χ2v) is 7.80. The summed E-state index contributed by atoms with van der Waals surface area (Å²) in [4.78, 5) is 17.6. The Kier molecular flexibility index (Phi) is 4.92. The lowest BCUT2D eigenvalue weighted by atomic mass is 10.1. The number of aromatic amines is 1. The normalized spacial score (nSPS) is 15.0. The Bertz CT molecular complexity index is 1170. The van der Waals surface area contributed by atoms with Crippen molar-refractivity contribution in [3.05, 3.63) is 42.7 Å². The molecule has 0 aliphatic carbocycles. The fourth-order valence-electron chi connectivity index (χ4n) is 4.02. The number of nitrogens with one attached hydrogen (secondary N) is 3. The zero-order valence-electron chi connectivity index (χ0n) is 17.3. The number of hydrogen-bond acceptors (Lipinski definition) is 6. The standard InChI is InChI=1S/C22H26N8/c1-3-19-22(28-16-4-6-23-7-5-16)29-20(12-24-19)18-11-26-21-17(18)8-14(9-25-21)15-10-27-30(2)13-15/h8-13,16,23H,3-7H2,1-2H3,(H,25,26)(H,28,29). The van der Waals surface area contributed by atoms with Gasteiger partial charge in [-0.3, -0.25) is 9.67 Å². The Labute approximate surface area is 175 Å². The van der Waals surface area contributed by atoms with Crippen LogP contribution in [0.1, 0.15) is 25.5 Å². The third-order valence-electron chi connectivity index (χ3n) is 5.71. The zero-order chi connectivity index (χ0) is 20.5. The lowest BCUT2D eigenvalue weighted by Gasteiger charge is -2.25. The maximum atomic E-state index is 4.98. The van der Waals surface area contributed by atoms with Gasteiger partial charge in [0.25, 0.3) is 0 Å². The van der Waals surface area contributed by atoms with Crippen molar-refractivity contribution in [3.8, 4) is 22.4 Å². The maximum absolute atomic E-state index is 4.98. The topological polar surface area (TPSA) is 96.3 Å². The van der Waals surface area contributed by atoms with Crippen molar-refractivity contribution in [1.82, 2.24) is 35.0 Å². The van der Waals surface area contributed by atoms with Gasteiger partial charge in [-0.2, -0.15) is 5.10 Å². The van der Waals surface area contributed by atoms with Crippen molar-refractivity contribution in [2.45, 2.75) is 32.2 Å². The van der Waals surface area contributed by atoms with Crippen LogP contribution in [0.15, 0.2) is 37.1 Å². The Morgan fingerprint density at radius 2 is 2.00 bits per heavy atom. The Morgan fingerprint density at radius 1 is 1.13 bits per heavy atom. The highest BCUT2D eigenvalue weighted by Gasteiger charge is 2.17. The van der Waals surface area contributed by atoms with Gasteiger partial charge in [-0.1, -0.05) is 6.92 Å². The first-order valence-electron chi connectivity index (χ1n) is 10.5. The molecule has 3 N–H and O–H groups in total. The number of anilines is 1. The van der Waals surface area contributed by atoms with Gasteiger partial charge in [0.05, 0.1) is 23.8 Å². The van der Waals surface area contributed by atoms with E-state index in [1.54, 1.807) is 4.68 Å². The first kappa shape index (κ1) is 18.7. The molecule has 1 aliphatic rings. The van der Waals surface area contributed by atoms with E-state index in [2.05, 4.69) is 38.7 Å². The van der Waals surface area contributed by atoms with E-state index in [0.717, 1.165) is 77.3 Å². The van der Waals surface area contributed by atoms with Crippen LogP contribution >= 0.6 is 0 Å². The number of fused-ring (bicyclic) bond motifs is 1. The largest absolute Gasteiger partial charge is 0.366 e. The summed E-state index contributed by atoms with van der Waals surface area (Å²) in [5, 5.41) is 12.4. The summed E-state index contributed by atoms with van der Waals surface area (Å²) in [6.07, 6.45) is 12.6. The lowest BCUT2D eigenvalue weighted by Crippen LogP contribution is -2.35. The van der Waals surface area contributed by atoms with Gasteiger partial charge in [0, 0.05) is 53.8 Å². The van der Waals surface area contributed by atoms with Crippen LogP contribution in [0.5, 0.6) is 0 Å². The molecule has 0 amide bonds. The summed E-state index contributed by atoms with van der Waals surface area (Å²) in [6, 6.07) is 2.57. The summed E-state index contributed by atoms with van der Waals surface area (Å²) in [7, 11) is 1.92. The fourth-order valence-corrected chi connectivity index (χ4v) is 4.02. The van der Waals surface area contributed by atoms with Crippen LogP contribution in [0.25, 0.3) is 33.4 Å². The Hall–Kier alpha value is -3.26. The van der Waals surface area contributed by atoms with Gasteiger partial charge in [-0.05, 0) is 38.4 Å². The number of H-pyrrole nitrogens is 1. The van der Waals surface area contributed by atoms with Gasteiger partial charge in [-0.25, -0.2) is 9.97 Å². The van der Waals surface area contributed by atoms with E-state index in [-0.39, 0.29) is 0 Å². The first-order chi connectivity index (χ1) is 14.7. The molecule has 1 fully saturated rings. The predicted molar refractivity (Wildman–Crippen MR) is 118 cm³/mol. The summed E-state index contributed by atoms with van der Waals surface area (Å²) in [6.45, 7) is 4.20. The van der Waals surface area contributed by atoms with Crippen molar-refractivity contribution >= 4 is 16.9 Å². The number of piperidine rings is 1. The molecule has 0 unspecified atom stereocenters. The molecule has 0 aromatic carbocycles. The second-order valence-electron chi connectivity index (χ2n) is 7.80. The summed E-state index contributed by atoms with van der Waals surface area (Å²) >= 11 is 0. The highest BCUT2D eigenvalue weighted by molar-refractivity contribution is 5.94. The van der Waals surface area contributed by atoms with Crippen LogP contribution in [0.3, 0.4) is 0 Å². The molecule has 4 aromatic rings. The van der Waals surface area contributed by atoms with Crippen molar-refractivity contribution in [2.75, 3.05) is 18.4 Å². The van der Waals surface area contributed by atoms with Gasteiger partial charge in [-0.15, -0.1) is 0 Å². The molecule has 30 heavy (non-hydrogen) atoms. The fraction of sp³-hybridized carbons (Fsp3) is 0.364. The average Bonchev–Trinajstić information content (AvgIpc) is 3.40. The van der Waals surface area contributed by atoms with Crippen LogP contribution in [0.2, 0.25) is 0 Å². The number of hydrogen-bond donors (Lipinski definition) is 3. The smallest absolute Gasteiger partial charge is 0.148 e. The van der Waals surface area contributed by atoms with Gasteiger partial charge < -0.3 is 15.6 Å². The third kappa shape index (κ3) is 3.54. The van der Waals surface area contributed by atoms with Crippen LogP contribution < -0.4 is 10.6 Å². The number of rotatable bonds is 5. The molecule has 4 aromatic heterocycles. The molecule has 8 nitrogen and oxygen atoms in total. The molecule has 0 bridgehead atoms. The van der Waals surface area contributed by atoms with Crippen LogP contribution in [0, 0.1) is 0 Å². The molecule has 5 rings (SSSR count). The minimum absolute atomic E-state index is 0.433. The van der Waals surface area contributed by atoms with E-state index in [1.807, 2.05) is 38.0 Å². The molecule has 1 saturated heterocycles. The minimum atomic E-state index is 0.433. The van der Waals surface area contributed by atoms with E-state index in [9.17, 15) is 0 Å². The van der Waals surface area contributed by atoms with Gasteiger partial charge in [0.2, 0.25) is 0 Å². The molecule has 0 radical (unpaired) electrons. The molecular formula is C22H26N8. The second kappa shape index (κ2) is 7.87. The zero-order valence-corrected chi connectivity index (χ0v) is 17.3. The Balaban J connectivity index is 1.53. The SMILES string of the molecule is CCc1ncc(-c2c[nH]c3ncc(-c4cnn(C)c4)cc23)nc1NC1CCNCC1. The molecule has 8 heteroatoms. The number of pyridine rings is 1. The third-order valence-corrected chi connectivity index (χ3v) is 5.71. The minimum Gasteiger partial charge on any atom is -0.366 e. The summed E-state index contributed by atoms with van der Waals surface area (Å²) < 4.78 is 1.80.